The van der Waals surface area contributed by atoms with E-state index in [0.29, 0.717) is 25.3 Å². The minimum atomic E-state index is -1.90. The molecule has 0 amide bonds. The van der Waals surface area contributed by atoms with Gasteiger partial charge in [-0.05, 0) is 86.6 Å². The second-order valence-electron chi connectivity index (χ2n) is 18.0. The first-order valence-corrected chi connectivity index (χ1v) is 20.1. The maximum atomic E-state index is 14.2. The van der Waals surface area contributed by atoms with Gasteiger partial charge in [0.2, 0.25) is 0 Å². The van der Waals surface area contributed by atoms with Gasteiger partial charge in [0.05, 0.1) is 53.7 Å². The highest BCUT2D eigenvalue weighted by Crippen LogP contribution is 2.41. The van der Waals surface area contributed by atoms with E-state index in [0.717, 1.165) is 19.3 Å². The lowest BCUT2D eigenvalue weighted by molar-refractivity contribution is -0.312. The number of hydrogen-bond donors (Lipinski definition) is 5. The van der Waals surface area contributed by atoms with Gasteiger partial charge in [0.25, 0.3) is 0 Å². The van der Waals surface area contributed by atoms with Gasteiger partial charge in [0, 0.05) is 43.9 Å². The second-order valence-corrected chi connectivity index (χ2v) is 18.0. The van der Waals surface area contributed by atoms with E-state index in [-0.39, 0.29) is 31.1 Å². The molecule has 1 saturated carbocycles. The van der Waals surface area contributed by atoms with Crippen LogP contribution in [0, 0.1) is 23.7 Å². The van der Waals surface area contributed by atoms with Gasteiger partial charge in [0.1, 0.15) is 17.8 Å². The smallest absolute Gasteiger partial charge is 0.311 e. The molecule has 0 radical (unpaired) electrons. The zero-order valence-corrected chi connectivity index (χ0v) is 34.4. The van der Waals surface area contributed by atoms with Crippen molar-refractivity contribution in [2.45, 2.75) is 211 Å². The lowest BCUT2D eigenvalue weighted by Gasteiger charge is -2.50. The highest BCUT2D eigenvalue weighted by Gasteiger charge is 2.53. The molecular formula is C40H73NO12. The topological polar surface area (TPSA) is 177 Å². The van der Waals surface area contributed by atoms with Crippen LogP contribution in [0.3, 0.4) is 0 Å². The van der Waals surface area contributed by atoms with Crippen molar-refractivity contribution in [1.29, 1.82) is 0 Å². The molecule has 53 heavy (non-hydrogen) atoms. The zero-order valence-electron chi connectivity index (χ0n) is 34.4. The molecule has 1 aliphatic carbocycles. The molecule has 18 atom stereocenters. The number of esters is 1. The van der Waals surface area contributed by atoms with Crippen molar-refractivity contribution in [1.82, 2.24) is 4.90 Å². The van der Waals surface area contributed by atoms with E-state index in [4.69, 9.17) is 28.4 Å². The van der Waals surface area contributed by atoms with Gasteiger partial charge >= 0.3 is 5.97 Å². The van der Waals surface area contributed by atoms with E-state index in [1.54, 1.807) is 41.7 Å². The number of nitrogens with zero attached hydrogens (tertiary/aromatic N) is 1. The van der Waals surface area contributed by atoms with Crippen LogP contribution in [-0.2, 0) is 33.2 Å². The Morgan fingerprint density at radius 1 is 0.868 bits per heavy atom. The Hall–Kier alpha value is -0.970. The summed E-state index contributed by atoms with van der Waals surface area (Å²) in [5.41, 5.74) is -4.14. The minimum absolute atomic E-state index is 0.00755. The summed E-state index contributed by atoms with van der Waals surface area (Å²) in [6.07, 6.45) is -4.12. The van der Waals surface area contributed by atoms with E-state index in [9.17, 15) is 30.3 Å². The number of aliphatic hydroxyl groups excluding tert-OH is 3. The molecule has 5 N–H and O–H groups in total. The quantitative estimate of drug-likeness (QED) is 0.228. The normalized spacial score (nSPS) is 49.9. The van der Waals surface area contributed by atoms with Crippen LogP contribution in [0.25, 0.3) is 0 Å². The summed E-state index contributed by atoms with van der Waals surface area (Å²) in [5.74, 6) is -3.84. The molecule has 0 bridgehead atoms. The number of carbonyl (C=O) groups excluding carboxylic acids is 1. The molecule has 3 aliphatic heterocycles. The molecule has 0 aromatic rings. The number of rotatable bonds is 8. The Labute approximate surface area is 318 Å². The fourth-order valence-corrected chi connectivity index (χ4v) is 9.60. The van der Waals surface area contributed by atoms with Crippen LogP contribution in [0.4, 0.5) is 0 Å². The van der Waals surface area contributed by atoms with E-state index < -0.39 is 95.6 Å². The van der Waals surface area contributed by atoms with Crippen LogP contribution < -0.4 is 0 Å². The Kier molecular flexibility index (Phi) is 14.9. The average Bonchev–Trinajstić information content (AvgIpc) is 3.05. The molecule has 0 spiro atoms. The fraction of sp³-hybridized carbons (Fsp3) is 0.975. The molecule has 310 valence electrons. The van der Waals surface area contributed by atoms with E-state index in [1.807, 2.05) is 34.7 Å². The fourth-order valence-electron chi connectivity index (χ4n) is 9.60. The molecule has 4 fully saturated rings. The number of likely N-dealkylation sites (N-methyl/N-ethyl adjacent to an activating group) is 1. The molecule has 0 aromatic carbocycles. The SMILES string of the molecule is CCC1OC(=O)[C@H](C)[C@@H](O[C@H]2C[C@@](C)(OC)C[C@H](C)O2)[C@H](C)[C@@H](O[C@@H]2O[C@H](C)C[C@H](N(C)C3CCC3)[C@H]2O)[C@](C)(O)C[C@@H](C)[C@H](O)[C@H](C)[C@@H](O)[C@]1(C)O. The summed E-state index contributed by atoms with van der Waals surface area (Å²) >= 11 is 0. The number of ether oxygens (including phenoxy) is 6. The molecule has 3 saturated heterocycles. The van der Waals surface area contributed by atoms with Gasteiger partial charge in [-0.1, -0.05) is 34.1 Å². The van der Waals surface area contributed by atoms with Gasteiger partial charge in [-0.15, -0.1) is 0 Å². The van der Waals surface area contributed by atoms with Crippen molar-refractivity contribution >= 4 is 5.97 Å². The summed E-state index contributed by atoms with van der Waals surface area (Å²) in [7, 11) is 3.68. The van der Waals surface area contributed by atoms with Crippen molar-refractivity contribution in [2.24, 2.45) is 23.7 Å². The zero-order chi connectivity index (χ0) is 39.8. The third kappa shape index (κ3) is 9.95. The Balaban J connectivity index is 1.79. The lowest BCUT2D eigenvalue weighted by Crippen LogP contribution is -2.62. The van der Waals surface area contributed by atoms with Crippen molar-refractivity contribution in [3.05, 3.63) is 0 Å². The van der Waals surface area contributed by atoms with E-state index in [1.165, 1.54) is 6.92 Å². The molecule has 3 heterocycles. The molecule has 13 nitrogen and oxygen atoms in total. The molecular weight excluding hydrogens is 686 g/mol. The van der Waals surface area contributed by atoms with Crippen LogP contribution in [0.5, 0.6) is 0 Å². The summed E-state index contributed by atoms with van der Waals surface area (Å²) in [4.78, 5) is 16.4. The van der Waals surface area contributed by atoms with Crippen LogP contribution >= 0.6 is 0 Å². The lowest BCUT2D eigenvalue weighted by atomic mass is 9.73. The maximum Gasteiger partial charge on any atom is 0.311 e. The third-order valence-corrected chi connectivity index (χ3v) is 13.3. The summed E-state index contributed by atoms with van der Waals surface area (Å²) in [6.45, 7) is 17.6. The van der Waals surface area contributed by atoms with Gasteiger partial charge < -0.3 is 54.0 Å². The van der Waals surface area contributed by atoms with Crippen molar-refractivity contribution < 1.29 is 58.7 Å². The Bertz CT molecular complexity index is 1180. The monoisotopic (exact) mass is 760 g/mol. The number of aliphatic hydroxyl groups is 5. The first-order chi connectivity index (χ1) is 24.6. The van der Waals surface area contributed by atoms with Crippen LogP contribution in [0.2, 0.25) is 0 Å². The largest absolute Gasteiger partial charge is 0.459 e. The van der Waals surface area contributed by atoms with Crippen molar-refractivity contribution in [3.8, 4) is 0 Å². The van der Waals surface area contributed by atoms with Crippen molar-refractivity contribution in [2.75, 3.05) is 14.2 Å². The number of methoxy groups -OCH3 is 1. The standard InChI is InChI=1S/C40H73NO12/c1-13-29-40(10,47)34(44)24(5)31(42)21(2)18-39(9,46)35(53-37-32(43)28(17-22(3)50-37)41(11)27-15-14-16-27)25(6)33(26(7)36(45)51-29)52-30-20-38(8,48-12)19-23(4)49-30/h21-35,37,42-44,46-47H,13-20H2,1-12H3/t21-,22-,23+,24+,25+,26-,28+,29?,30+,31+,32-,33+,34-,35-,37+,38+,39-,40-/m1/s1. The van der Waals surface area contributed by atoms with Gasteiger partial charge in [0.15, 0.2) is 12.6 Å². The minimum Gasteiger partial charge on any atom is -0.459 e. The summed E-state index contributed by atoms with van der Waals surface area (Å²) < 4.78 is 38.0. The average molecular weight is 760 g/mol. The van der Waals surface area contributed by atoms with Crippen LogP contribution in [0.15, 0.2) is 0 Å². The van der Waals surface area contributed by atoms with E-state index >= 15 is 0 Å². The van der Waals surface area contributed by atoms with E-state index in [2.05, 4.69) is 4.90 Å². The Morgan fingerprint density at radius 3 is 2.08 bits per heavy atom. The van der Waals surface area contributed by atoms with Gasteiger partial charge in [-0.3, -0.25) is 9.69 Å². The van der Waals surface area contributed by atoms with Crippen LogP contribution in [-0.4, -0.2) is 141 Å². The first-order valence-electron chi connectivity index (χ1n) is 20.1. The summed E-state index contributed by atoms with van der Waals surface area (Å²) in [5, 5.41) is 59.1. The molecule has 0 aromatic heterocycles. The number of carbonyl (C=O) groups is 1. The summed E-state index contributed by atoms with van der Waals surface area (Å²) in [6, 6.07) is 0.129. The Morgan fingerprint density at radius 2 is 1.51 bits per heavy atom. The highest BCUT2D eigenvalue weighted by molar-refractivity contribution is 5.73. The first kappa shape index (κ1) is 44.7. The highest BCUT2D eigenvalue weighted by atomic mass is 16.7. The van der Waals surface area contributed by atoms with Crippen molar-refractivity contribution in [3.63, 3.8) is 0 Å². The van der Waals surface area contributed by atoms with Gasteiger partial charge in [-0.25, -0.2) is 0 Å². The van der Waals surface area contributed by atoms with Gasteiger partial charge in [-0.2, -0.15) is 0 Å². The molecule has 1 unspecified atom stereocenters. The third-order valence-electron chi connectivity index (χ3n) is 13.3. The number of cyclic esters (lactones) is 1. The van der Waals surface area contributed by atoms with Crippen LogP contribution in [0.1, 0.15) is 121 Å². The maximum absolute atomic E-state index is 14.2. The number of hydrogen-bond acceptors (Lipinski definition) is 13. The molecule has 4 rings (SSSR count). The predicted octanol–water partition coefficient (Wildman–Crippen LogP) is 3.53. The molecule has 4 aliphatic rings. The second kappa shape index (κ2) is 17.7. The predicted molar refractivity (Wildman–Crippen MR) is 198 cm³/mol. The molecule has 13 heteroatoms.